The van der Waals surface area contributed by atoms with E-state index in [4.69, 9.17) is 0 Å². The number of nitrogens with zero attached hydrogens (tertiary/aromatic N) is 3. The standard InChI is InChI=1S/C19H17FN4O/c20-14-6-1-2-9-18(14)24-17-10-5-8-15(13(17)12-22-24)23-19(25)16-7-3-4-11-21-16/h1-4,6-7,9,11-12,15H,5,8,10H2,(H,23,25). The van der Waals surface area contributed by atoms with E-state index >= 15 is 0 Å². The number of carbonyl (C=O) groups is 1. The number of carbonyl (C=O) groups excluding carboxylic acids is 1. The summed E-state index contributed by atoms with van der Waals surface area (Å²) in [5, 5.41) is 7.39. The molecule has 4 rings (SSSR count). The van der Waals surface area contributed by atoms with E-state index in [2.05, 4.69) is 15.4 Å². The third-order valence-corrected chi connectivity index (χ3v) is 4.47. The Balaban J connectivity index is 1.63. The minimum absolute atomic E-state index is 0.140. The molecule has 1 aliphatic carbocycles. The number of nitrogens with one attached hydrogen (secondary N) is 1. The molecule has 2 heterocycles. The average Bonchev–Trinajstić information content (AvgIpc) is 3.08. The smallest absolute Gasteiger partial charge is 0.270 e. The molecule has 1 aromatic carbocycles. The van der Waals surface area contributed by atoms with Gasteiger partial charge in [-0.2, -0.15) is 5.10 Å². The monoisotopic (exact) mass is 336 g/mol. The number of benzene rings is 1. The van der Waals surface area contributed by atoms with E-state index in [0.717, 1.165) is 30.5 Å². The highest BCUT2D eigenvalue weighted by Gasteiger charge is 2.27. The van der Waals surface area contributed by atoms with Gasteiger partial charge < -0.3 is 5.32 Å². The molecule has 6 heteroatoms. The highest BCUT2D eigenvalue weighted by Crippen LogP contribution is 2.31. The highest BCUT2D eigenvalue weighted by atomic mass is 19.1. The van der Waals surface area contributed by atoms with Crippen LogP contribution in [0.25, 0.3) is 5.69 Å². The number of pyridine rings is 1. The topological polar surface area (TPSA) is 59.8 Å². The van der Waals surface area contributed by atoms with Crippen LogP contribution in [-0.4, -0.2) is 20.7 Å². The summed E-state index contributed by atoms with van der Waals surface area (Å²) in [5.41, 5.74) is 2.71. The molecule has 0 fully saturated rings. The van der Waals surface area contributed by atoms with Crippen LogP contribution in [0.4, 0.5) is 4.39 Å². The molecule has 126 valence electrons. The molecular weight excluding hydrogens is 319 g/mol. The second-order valence-electron chi connectivity index (χ2n) is 6.04. The molecule has 1 unspecified atom stereocenters. The van der Waals surface area contributed by atoms with Gasteiger partial charge in [0.1, 0.15) is 17.2 Å². The summed E-state index contributed by atoms with van der Waals surface area (Å²) in [6.07, 6.45) is 5.86. The predicted octanol–water partition coefficient (Wildman–Crippen LogP) is 3.21. The van der Waals surface area contributed by atoms with Crippen LogP contribution < -0.4 is 5.32 Å². The Kier molecular flexibility index (Phi) is 4.01. The van der Waals surface area contributed by atoms with Crippen molar-refractivity contribution < 1.29 is 9.18 Å². The van der Waals surface area contributed by atoms with Crippen molar-refractivity contribution in [2.45, 2.75) is 25.3 Å². The SMILES string of the molecule is O=C(NC1CCCc2c1cnn2-c1ccccc1F)c1ccccn1. The molecule has 0 bridgehead atoms. The Bertz CT molecular complexity index is 907. The van der Waals surface area contributed by atoms with E-state index < -0.39 is 0 Å². The zero-order valence-electron chi connectivity index (χ0n) is 13.5. The molecule has 0 saturated heterocycles. The molecule has 1 N–H and O–H groups in total. The fourth-order valence-electron chi connectivity index (χ4n) is 3.27. The van der Waals surface area contributed by atoms with Crippen molar-refractivity contribution in [1.29, 1.82) is 0 Å². The molecule has 0 aliphatic heterocycles. The molecular formula is C19H17FN4O. The number of aromatic nitrogens is 3. The first-order valence-electron chi connectivity index (χ1n) is 8.27. The van der Waals surface area contributed by atoms with Gasteiger partial charge in [-0.15, -0.1) is 0 Å². The van der Waals surface area contributed by atoms with Gasteiger partial charge in [0.25, 0.3) is 5.91 Å². The van der Waals surface area contributed by atoms with E-state index in [1.165, 1.54) is 6.07 Å². The summed E-state index contributed by atoms with van der Waals surface area (Å²) in [6.45, 7) is 0. The largest absolute Gasteiger partial charge is 0.344 e. The number of hydrogen-bond donors (Lipinski definition) is 1. The Morgan fingerprint density at radius 1 is 1.20 bits per heavy atom. The second kappa shape index (κ2) is 6.47. The van der Waals surface area contributed by atoms with Crippen LogP contribution in [0, 0.1) is 5.82 Å². The Labute approximate surface area is 144 Å². The minimum atomic E-state index is -0.312. The molecule has 0 spiro atoms. The van der Waals surface area contributed by atoms with Crippen LogP contribution in [0.5, 0.6) is 0 Å². The summed E-state index contributed by atoms with van der Waals surface area (Å²) in [5.74, 6) is -0.523. The van der Waals surface area contributed by atoms with Gasteiger partial charge in [-0.1, -0.05) is 18.2 Å². The van der Waals surface area contributed by atoms with Crippen molar-refractivity contribution in [1.82, 2.24) is 20.1 Å². The molecule has 3 aromatic rings. The lowest BCUT2D eigenvalue weighted by molar-refractivity contribution is 0.0927. The third kappa shape index (κ3) is 2.91. The fourth-order valence-corrected chi connectivity index (χ4v) is 3.27. The molecule has 5 nitrogen and oxygen atoms in total. The third-order valence-electron chi connectivity index (χ3n) is 4.47. The summed E-state index contributed by atoms with van der Waals surface area (Å²) >= 11 is 0. The van der Waals surface area contributed by atoms with Gasteiger partial charge in [0.2, 0.25) is 0 Å². The van der Waals surface area contributed by atoms with Crippen molar-refractivity contribution in [3.05, 3.63) is 77.6 Å². The van der Waals surface area contributed by atoms with Crippen LogP contribution in [-0.2, 0) is 6.42 Å². The Hall–Kier alpha value is -3.02. The van der Waals surface area contributed by atoms with Crippen molar-refractivity contribution in [3.63, 3.8) is 0 Å². The quantitative estimate of drug-likeness (QED) is 0.799. The maximum Gasteiger partial charge on any atom is 0.270 e. The van der Waals surface area contributed by atoms with Gasteiger partial charge in [0.15, 0.2) is 0 Å². The van der Waals surface area contributed by atoms with Gasteiger partial charge in [-0.25, -0.2) is 9.07 Å². The van der Waals surface area contributed by atoms with Crippen LogP contribution in [0.1, 0.15) is 40.6 Å². The van der Waals surface area contributed by atoms with E-state index in [-0.39, 0.29) is 17.8 Å². The number of halogens is 1. The van der Waals surface area contributed by atoms with E-state index in [1.54, 1.807) is 53.5 Å². The zero-order chi connectivity index (χ0) is 17.2. The molecule has 0 radical (unpaired) electrons. The number of para-hydroxylation sites is 1. The normalized spacial score (nSPS) is 16.3. The first-order valence-corrected chi connectivity index (χ1v) is 8.27. The fraction of sp³-hybridized carbons (Fsp3) is 0.211. The van der Waals surface area contributed by atoms with E-state index in [1.807, 2.05) is 0 Å². The van der Waals surface area contributed by atoms with Crippen LogP contribution >= 0.6 is 0 Å². The molecule has 25 heavy (non-hydrogen) atoms. The van der Waals surface area contributed by atoms with Crippen molar-refractivity contribution in [3.8, 4) is 5.69 Å². The van der Waals surface area contributed by atoms with E-state index in [9.17, 15) is 9.18 Å². The Morgan fingerprint density at radius 2 is 2.04 bits per heavy atom. The van der Waals surface area contributed by atoms with Gasteiger partial charge >= 0.3 is 0 Å². The average molecular weight is 336 g/mol. The summed E-state index contributed by atoms with van der Waals surface area (Å²) in [6, 6.07) is 11.7. The second-order valence-corrected chi connectivity index (χ2v) is 6.04. The van der Waals surface area contributed by atoms with E-state index in [0.29, 0.717) is 11.4 Å². The summed E-state index contributed by atoms with van der Waals surface area (Å²) in [4.78, 5) is 16.5. The number of hydrogen-bond acceptors (Lipinski definition) is 3. The van der Waals surface area contributed by atoms with Crippen LogP contribution in [0.15, 0.2) is 54.9 Å². The number of amides is 1. The maximum absolute atomic E-state index is 14.1. The van der Waals surface area contributed by atoms with Gasteiger partial charge in [-0.3, -0.25) is 9.78 Å². The molecule has 1 amide bonds. The first kappa shape index (κ1) is 15.5. The van der Waals surface area contributed by atoms with Crippen molar-refractivity contribution in [2.75, 3.05) is 0 Å². The molecule has 2 aromatic heterocycles. The Morgan fingerprint density at radius 3 is 2.84 bits per heavy atom. The lowest BCUT2D eigenvalue weighted by Gasteiger charge is -2.24. The lowest BCUT2D eigenvalue weighted by atomic mass is 9.92. The van der Waals surface area contributed by atoms with Gasteiger partial charge in [-0.05, 0) is 43.5 Å². The van der Waals surface area contributed by atoms with Crippen LogP contribution in [0.2, 0.25) is 0 Å². The van der Waals surface area contributed by atoms with Gasteiger partial charge in [0.05, 0.1) is 12.2 Å². The molecule has 1 atom stereocenters. The maximum atomic E-state index is 14.1. The lowest BCUT2D eigenvalue weighted by Crippen LogP contribution is -2.31. The minimum Gasteiger partial charge on any atom is -0.344 e. The summed E-state index contributed by atoms with van der Waals surface area (Å²) < 4.78 is 15.8. The highest BCUT2D eigenvalue weighted by molar-refractivity contribution is 5.92. The molecule has 0 saturated carbocycles. The van der Waals surface area contributed by atoms with Crippen LogP contribution in [0.3, 0.4) is 0 Å². The van der Waals surface area contributed by atoms with Crippen molar-refractivity contribution in [2.24, 2.45) is 0 Å². The number of fused-ring (bicyclic) bond motifs is 1. The summed E-state index contributed by atoms with van der Waals surface area (Å²) in [7, 11) is 0. The molecule has 1 aliphatic rings. The predicted molar refractivity (Wildman–Crippen MR) is 90.9 cm³/mol. The van der Waals surface area contributed by atoms with Crippen molar-refractivity contribution >= 4 is 5.91 Å². The van der Waals surface area contributed by atoms with Gasteiger partial charge in [0, 0.05) is 17.5 Å². The first-order chi connectivity index (χ1) is 12.2. The number of rotatable bonds is 3. The zero-order valence-corrected chi connectivity index (χ0v) is 13.5.